The number of aromatic nitrogens is 2. The second kappa shape index (κ2) is 11.2. The number of piperidine rings is 2. The molecule has 194 valence electrons. The Labute approximate surface area is 216 Å². The number of likely N-dealkylation sites (tertiary alicyclic amines) is 2. The number of hydrogen-bond acceptors (Lipinski definition) is 8. The van der Waals surface area contributed by atoms with Gasteiger partial charge in [-0.1, -0.05) is 24.3 Å². The molecule has 2 atom stereocenters. The molecule has 37 heavy (non-hydrogen) atoms. The summed E-state index contributed by atoms with van der Waals surface area (Å²) in [7, 11) is 0. The molecule has 3 aliphatic rings. The summed E-state index contributed by atoms with van der Waals surface area (Å²) >= 11 is 0. The van der Waals surface area contributed by atoms with Gasteiger partial charge in [0.25, 0.3) is 5.91 Å². The molecule has 0 radical (unpaired) electrons. The Morgan fingerprint density at radius 2 is 1.81 bits per heavy atom. The van der Waals surface area contributed by atoms with Gasteiger partial charge < -0.3 is 20.2 Å². The first-order valence-electron chi connectivity index (χ1n) is 13.0. The number of nitrogens with one attached hydrogen (secondary N) is 1. The molecule has 2 N–H and O–H groups in total. The fourth-order valence-electron chi connectivity index (χ4n) is 5.71. The zero-order valence-electron chi connectivity index (χ0n) is 20.9. The maximum atomic E-state index is 13.2. The predicted octanol–water partition coefficient (Wildman–Crippen LogP) is 1.43. The zero-order chi connectivity index (χ0) is 25.8. The van der Waals surface area contributed by atoms with E-state index in [0.29, 0.717) is 37.6 Å². The number of rotatable bonds is 5. The number of anilines is 1. The molecule has 3 aliphatic heterocycles. The van der Waals surface area contributed by atoms with E-state index in [2.05, 4.69) is 44.5 Å². The number of carbonyl (C=O) groups is 2. The maximum absolute atomic E-state index is 13.2. The third-order valence-electron chi connectivity index (χ3n) is 7.78. The molecule has 10 heteroatoms. The predicted molar refractivity (Wildman–Crippen MR) is 136 cm³/mol. The summed E-state index contributed by atoms with van der Waals surface area (Å²) in [5.41, 5.74) is 3.00. The van der Waals surface area contributed by atoms with Gasteiger partial charge in [-0.05, 0) is 36.8 Å². The second-order valence-electron chi connectivity index (χ2n) is 10.1. The molecule has 2 saturated heterocycles. The van der Waals surface area contributed by atoms with E-state index < -0.39 is 6.10 Å². The Morgan fingerprint density at radius 3 is 2.57 bits per heavy atom. The molecule has 5 rings (SSSR count). The molecule has 2 fully saturated rings. The van der Waals surface area contributed by atoms with E-state index in [9.17, 15) is 14.7 Å². The van der Waals surface area contributed by atoms with Crippen molar-refractivity contribution >= 4 is 17.6 Å². The van der Waals surface area contributed by atoms with Crippen LogP contribution in [0.2, 0.25) is 0 Å². The lowest BCUT2D eigenvalue weighted by Gasteiger charge is -2.43. The quantitative estimate of drug-likeness (QED) is 0.628. The lowest BCUT2D eigenvalue weighted by molar-refractivity contribution is -0.131. The van der Waals surface area contributed by atoms with Gasteiger partial charge in [-0.3, -0.25) is 14.5 Å². The number of β-amino-alcohol motifs (C(OH)–C–C–N with tert-alkyl or cyclic N) is 1. The highest BCUT2D eigenvalue weighted by atomic mass is 16.3. The highest BCUT2D eigenvalue weighted by Crippen LogP contribution is 2.26. The SMILES string of the molecule is N#CCC(=O)N1CCC(Nc2cc(C(=O)N3CCC(N4CCc5ccccc5C4)[C@@H](O)C3)ncn2)CC1. The van der Waals surface area contributed by atoms with Gasteiger partial charge in [-0.25, -0.2) is 9.97 Å². The third-order valence-corrected chi connectivity index (χ3v) is 7.78. The molecule has 0 bridgehead atoms. The minimum absolute atomic E-state index is 0.0333. The van der Waals surface area contributed by atoms with Gasteiger partial charge in [0.1, 0.15) is 24.3 Å². The van der Waals surface area contributed by atoms with Gasteiger partial charge in [0, 0.05) is 57.4 Å². The molecular weight excluding hydrogens is 470 g/mol. The number of hydrogen-bond donors (Lipinski definition) is 2. The maximum Gasteiger partial charge on any atom is 0.272 e. The summed E-state index contributed by atoms with van der Waals surface area (Å²) in [5.74, 6) is 0.235. The minimum atomic E-state index is -0.615. The number of aliphatic hydroxyl groups excluding tert-OH is 1. The lowest BCUT2D eigenvalue weighted by Crippen LogP contribution is -2.56. The van der Waals surface area contributed by atoms with Crippen LogP contribution in [-0.2, 0) is 17.8 Å². The van der Waals surface area contributed by atoms with E-state index in [1.165, 1.54) is 17.5 Å². The van der Waals surface area contributed by atoms with E-state index in [-0.39, 0.29) is 36.9 Å². The van der Waals surface area contributed by atoms with Crippen molar-refractivity contribution in [1.29, 1.82) is 5.26 Å². The largest absolute Gasteiger partial charge is 0.390 e. The number of aliphatic hydroxyl groups is 1. The fraction of sp³-hybridized carbons (Fsp3) is 0.519. The van der Waals surface area contributed by atoms with Crippen molar-refractivity contribution < 1.29 is 14.7 Å². The van der Waals surface area contributed by atoms with Crippen molar-refractivity contribution in [3.05, 3.63) is 53.5 Å². The lowest BCUT2D eigenvalue weighted by atomic mass is 9.94. The Hall–Kier alpha value is -3.55. The first kappa shape index (κ1) is 25.1. The van der Waals surface area contributed by atoms with Gasteiger partial charge >= 0.3 is 0 Å². The van der Waals surface area contributed by atoms with E-state index in [1.54, 1.807) is 15.9 Å². The Morgan fingerprint density at radius 1 is 1.05 bits per heavy atom. The van der Waals surface area contributed by atoms with Crippen LogP contribution in [0.1, 0.15) is 47.3 Å². The number of benzene rings is 1. The topological polar surface area (TPSA) is 126 Å². The van der Waals surface area contributed by atoms with Crippen molar-refractivity contribution in [1.82, 2.24) is 24.7 Å². The Kier molecular flexibility index (Phi) is 7.63. The van der Waals surface area contributed by atoms with Crippen LogP contribution in [0, 0.1) is 11.3 Å². The Bertz CT molecular complexity index is 1170. The van der Waals surface area contributed by atoms with Crippen molar-refractivity contribution in [3.8, 4) is 6.07 Å². The molecule has 10 nitrogen and oxygen atoms in total. The van der Waals surface area contributed by atoms with Gasteiger partial charge in [0.15, 0.2) is 0 Å². The average molecular weight is 504 g/mol. The number of amides is 2. The third kappa shape index (κ3) is 5.73. The first-order chi connectivity index (χ1) is 18.0. The van der Waals surface area contributed by atoms with E-state index in [4.69, 9.17) is 5.26 Å². The van der Waals surface area contributed by atoms with Crippen LogP contribution in [0.3, 0.4) is 0 Å². The standard InChI is InChI=1S/C27H33N7O3/c28-10-5-26(36)32-12-7-21(8-13-32)31-25-15-22(29-18-30-25)27(37)34-14-9-23(24(35)17-34)33-11-6-19-3-1-2-4-20(19)16-33/h1-4,15,18,21,23-24,35H,5-9,11-14,16-17H2,(H,29,30,31)/t23?,24-/m0/s1. The normalized spacial score (nSPS) is 22.7. The summed E-state index contributed by atoms with van der Waals surface area (Å²) in [6.45, 7) is 3.77. The zero-order valence-corrected chi connectivity index (χ0v) is 20.9. The fourth-order valence-corrected chi connectivity index (χ4v) is 5.71. The minimum Gasteiger partial charge on any atom is -0.390 e. The first-order valence-corrected chi connectivity index (χ1v) is 13.0. The van der Waals surface area contributed by atoms with Gasteiger partial charge in [0.05, 0.1) is 12.2 Å². The smallest absolute Gasteiger partial charge is 0.272 e. The van der Waals surface area contributed by atoms with E-state index in [1.807, 2.05) is 6.07 Å². The van der Waals surface area contributed by atoms with Crippen LogP contribution >= 0.6 is 0 Å². The highest BCUT2D eigenvalue weighted by Gasteiger charge is 2.35. The molecule has 0 aliphatic carbocycles. The van der Waals surface area contributed by atoms with Crippen molar-refractivity contribution in [2.75, 3.05) is 38.0 Å². The Balaban J connectivity index is 1.15. The van der Waals surface area contributed by atoms with Crippen LogP contribution < -0.4 is 5.32 Å². The molecular formula is C27H33N7O3. The molecule has 1 aromatic heterocycles. The van der Waals surface area contributed by atoms with Crippen LogP contribution in [0.15, 0.2) is 36.7 Å². The van der Waals surface area contributed by atoms with Crippen molar-refractivity contribution in [2.45, 2.75) is 56.8 Å². The summed E-state index contributed by atoms with van der Waals surface area (Å²) in [6.07, 6.45) is 3.86. The molecule has 1 unspecified atom stereocenters. The van der Waals surface area contributed by atoms with Crippen LogP contribution in [0.4, 0.5) is 5.82 Å². The summed E-state index contributed by atoms with van der Waals surface area (Å²) in [4.78, 5) is 39.4. The number of carbonyl (C=O) groups excluding carboxylic acids is 2. The molecule has 0 spiro atoms. The summed E-state index contributed by atoms with van der Waals surface area (Å²) in [5, 5.41) is 23.1. The molecule has 1 aromatic carbocycles. The number of nitriles is 1. The number of nitrogens with zero attached hydrogens (tertiary/aromatic N) is 6. The van der Waals surface area contributed by atoms with Gasteiger partial charge in [-0.2, -0.15) is 5.26 Å². The highest BCUT2D eigenvalue weighted by molar-refractivity contribution is 5.93. The summed E-state index contributed by atoms with van der Waals surface area (Å²) < 4.78 is 0. The monoisotopic (exact) mass is 503 g/mol. The molecule has 0 saturated carbocycles. The molecule has 4 heterocycles. The van der Waals surface area contributed by atoms with E-state index >= 15 is 0 Å². The average Bonchev–Trinajstić information content (AvgIpc) is 2.93. The van der Waals surface area contributed by atoms with Gasteiger partial charge in [-0.15, -0.1) is 0 Å². The number of fused-ring (bicyclic) bond motifs is 1. The molecule has 2 aromatic rings. The van der Waals surface area contributed by atoms with Crippen LogP contribution in [0.25, 0.3) is 0 Å². The second-order valence-corrected chi connectivity index (χ2v) is 10.1. The van der Waals surface area contributed by atoms with Crippen molar-refractivity contribution in [2.24, 2.45) is 0 Å². The van der Waals surface area contributed by atoms with Gasteiger partial charge in [0.2, 0.25) is 5.91 Å². The summed E-state index contributed by atoms with van der Waals surface area (Å²) in [6, 6.07) is 12.2. The van der Waals surface area contributed by atoms with E-state index in [0.717, 1.165) is 32.4 Å². The molecule has 2 amide bonds. The van der Waals surface area contributed by atoms with Crippen LogP contribution in [-0.4, -0.2) is 92.5 Å². The van der Waals surface area contributed by atoms with Crippen molar-refractivity contribution in [3.63, 3.8) is 0 Å². The van der Waals surface area contributed by atoms with Crippen LogP contribution in [0.5, 0.6) is 0 Å².